The molecule has 0 aliphatic carbocycles. The third-order valence-corrected chi connectivity index (χ3v) is 5.64. The summed E-state index contributed by atoms with van der Waals surface area (Å²) in [7, 11) is 0. The molecule has 0 radical (unpaired) electrons. The highest BCUT2D eigenvalue weighted by molar-refractivity contribution is 7.99. The van der Waals surface area contributed by atoms with E-state index in [2.05, 4.69) is 42.9 Å². The lowest BCUT2D eigenvalue weighted by Crippen LogP contribution is -2.37. The van der Waals surface area contributed by atoms with Gasteiger partial charge in [-0.15, -0.1) is 10.2 Å². The standard InChI is InChI=1S/C19H24N8OS/c1-3-20-16-22-17(21-4-2)27-18(23-16)24-25-19(27)29-12-15(28)26-10-9-13-7-5-6-8-14(13)11-26/h5-8H,3-4,9-12H2,1-2H3,(H2,20,21,22,23,24). The maximum Gasteiger partial charge on any atom is 0.261 e. The number of fused-ring (bicyclic) bond motifs is 2. The highest BCUT2D eigenvalue weighted by Crippen LogP contribution is 2.23. The Morgan fingerprint density at radius 2 is 1.90 bits per heavy atom. The quantitative estimate of drug-likeness (QED) is 0.569. The monoisotopic (exact) mass is 412 g/mol. The topological polar surface area (TPSA) is 100 Å². The summed E-state index contributed by atoms with van der Waals surface area (Å²) in [6.45, 7) is 6.80. The van der Waals surface area contributed by atoms with Crippen molar-refractivity contribution in [2.24, 2.45) is 0 Å². The normalized spacial score (nSPS) is 13.4. The second-order valence-electron chi connectivity index (χ2n) is 6.67. The van der Waals surface area contributed by atoms with E-state index < -0.39 is 0 Å². The van der Waals surface area contributed by atoms with Gasteiger partial charge in [0.05, 0.1) is 5.75 Å². The van der Waals surface area contributed by atoms with Gasteiger partial charge in [-0.1, -0.05) is 36.0 Å². The number of carbonyl (C=O) groups excluding carboxylic acids is 1. The largest absolute Gasteiger partial charge is 0.355 e. The van der Waals surface area contributed by atoms with Gasteiger partial charge in [-0.3, -0.25) is 4.79 Å². The van der Waals surface area contributed by atoms with Crippen molar-refractivity contribution in [2.75, 3.05) is 36.0 Å². The number of rotatable bonds is 7. The number of nitrogens with zero attached hydrogens (tertiary/aromatic N) is 6. The smallest absolute Gasteiger partial charge is 0.261 e. The predicted octanol–water partition coefficient (Wildman–Crippen LogP) is 2.06. The van der Waals surface area contributed by atoms with E-state index in [1.165, 1.54) is 22.9 Å². The summed E-state index contributed by atoms with van der Waals surface area (Å²) in [5, 5.41) is 15.3. The highest BCUT2D eigenvalue weighted by atomic mass is 32.2. The van der Waals surface area contributed by atoms with Gasteiger partial charge >= 0.3 is 0 Å². The van der Waals surface area contributed by atoms with Crippen molar-refractivity contribution in [1.29, 1.82) is 0 Å². The number of carbonyl (C=O) groups is 1. The van der Waals surface area contributed by atoms with Crippen LogP contribution in [0.1, 0.15) is 25.0 Å². The Balaban J connectivity index is 1.49. The number of hydrogen-bond donors (Lipinski definition) is 2. The highest BCUT2D eigenvalue weighted by Gasteiger charge is 2.22. The molecule has 3 aromatic rings. The van der Waals surface area contributed by atoms with Gasteiger partial charge in [-0.05, 0) is 31.4 Å². The lowest BCUT2D eigenvalue weighted by Gasteiger charge is -2.28. The zero-order chi connectivity index (χ0) is 20.2. The van der Waals surface area contributed by atoms with E-state index in [1.54, 1.807) is 4.40 Å². The minimum atomic E-state index is 0.0939. The Hall–Kier alpha value is -2.88. The van der Waals surface area contributed by atoms with E-state index in [4.69, 9.17) is 0 Å². The van der Waals surface area contributed by atoms with E-state index in [-0.39, 0.29) is 5.91 Å². The minimum absolute atomic E-state index is 0.0939. The SMILES string of the molecule is CCNc1nc(NCC)n2c(SCC(=O)N3CCc4ccccc4C3)nnc2n1. The maximum absolute atomic E-state index is 12.8. The zero-order valence-corrected chi connectivity index (χ0v) is 17.4. The Morgan fingerprint density at radius 1 is 1.10 bits per heavy atom. The molecule has 3 heterocycles. The summed E-state index contributed by atoms with van der Waals surface area (Å²) in [6.07, 6.45) is 0.895. The molecular weight excluding hydrogens is 388 g/mol. The van der Waals surface area contributed by atoms with Gasteiger partial charge in [0.2, 0.25) is 17.8 Å². The van der Waals surface area contributed by atoms with Crippen LogP contribution < -0.4 is 10.6 Å². The average Bonchev–Trinajstić information content (AvgIpc) is 3.15. The molecule has 0 saturated heterocycles. The summed E-state index contributed by atoms with van der Waals surface area (Å²) in [4.78, 5) is 23.6. The van der Waals surface area contributed by atoms with Gasteiger partial charge < -0.3 is 15.5 Å². The first-order valence-electron chi connectivity index (χ1n) is 9.77. The minimum Gasteiger partial charge on any atom is -0.355 e. The summed E-state index contributed by atoms with van der Waals surface area (Å²) >= 11 is 1.36. The van der Waals surface area contributed by atoms with Crippen molar-refractivity contribution in [3.05, 3.63) is 35.4 Å². The summed E-state index contributed by atoms with van der Waals surface area (Å²) in [5.41, 5.74) is 2.56. The third kappa shape index (κ3) is 4.12. The van der Waals surface area contributed by atoms with E-state index >= 15 is 0 Å². The number of benzene rings is 1. The van der Waals surface area contributed by atoms with Gasteiger partial charge in [0, 0.05) is 26.2 Å². The molecule has 10 heteroatoms. The molecule has 1 aromatic carbocycles. The molecule has 2 aromatic heterocycles. The molecular formula is C19H24N8OS. The molecule has 0 bridgehead atoms. The molecule has 152 valence electrons. The average molecular weight is 413 g/mol. The number of hydrogen-bond acceptors (Lipinski definition) is 8. The molecule has 29 heavy (non-hydrogen) atoms. The van der Waals surface area contributed by atoms with Crippen molar-refractivity contribution in [3.63, 3.8) is 0 Å². The predicted molar refractivity (Wildman–Crippen MR) is 113 cm³/mol. The molecule has 9 nitrogen and oxygen atoms in total. The van der Waals surface area contributed by atoms with Crippen LogP contribution in [0.4, 0.5) is 11.9 Å². The number of thioether (sulfide) groups is 1. The van der Waals surface area contributed by atoms with Crippen LogP contribution in [-0.2, 0) is 17.8 Å². The molecule has 0 atom stereocenters. The van der Waals surface area contributed by atoms with Crippen molar-refractivity contribution in [1.82, 2.24) is 29.5 Å². The molecule has 1 aliphatic rings. The van der Waals surface area contributed by atoms with Crippen LogP contribution in [0.15, 0.2) is 29.4 Å². The number of anilines is 2. The van der Waals surface area contributed by atoms with Crippen LogP contribution in [0, 0.1) is 0 Å². The van der Waals surface area contributed by atoms with Crippen molar-refractivity contribution in [2.45, 2.75) is 32.0 Å². The molecule has 2 N–H and O–H groups in total. The van der Waals surface area contributed by atoms with Crippen LogP contribution in [0.5, 0.6) is 0 Å². The van der Waals surface area contributed by atoms with Crippen molar-refractivity contribution in [3.8, 4) is 0 Å². The molecule has 4 rings (SSSR count). The Morgan fingerprint density at radius 3 is 2.69 bits per heavy atom. The van der Waals surface area contributed by atoms with Crippen LogP contribution in [0.3, 0.4) is 0 Å². The summed E-state index contributed by atoms with van der Waals surface area (Å²) < 4.78 is 1.76. The van der Waals surface area contributed by atoms with Gasteiger partial charge in [0.1, 0.15) is 0 Å². The van der Waals surface area contributed by atoms with Gasteiger partial charge in [-0.25, -0.2) is 4.40 Å². The first kappa shape index (κ1) is 19.4. The van der Waals surface area contributed by atoms with Crippen LogP contribution in [0.25, 0.3) is 5.78 Å². The molecule has 0 saturated carbocycles. The van der Waals surface area contributed by atoms with E-state index in [9.17, 15) is 4.79 Å². The fourth-order valence-electron chi connectivity index (χ4n) is 3.32. The molecule has 0 fully saturated rings. The van der Waals surface area contributed by atoms with E-state index in [1.807, 2.05) is 30.9 Å². The molecule has 0 spiro atoms. The first-order chi connectivity index (χ1) is 14.2. The van der Waals surface area contributed by atoms with E-state index in [0.717, 1.165) is 13.0 Å². The third-order valence-electron chi connectivity index (χ3n) is 4.72. The van der Waals surface area contributed by atoms with Crippen LogP contribution in [0.2, 0.25) is 0 Å². The zero-order valence-electron chi connectivity index (χ0n) is 16.6. The van der Waals surface area contributed by atoms with Crippen molar-refractivity contribution >= 4 is 35.3 Å². The molecule has 1 aliphatic heterocycles. The summed E-state index contributed by atoms with van der Waals surface area (Å²) in [5.74, 6) is 1.96. The number of aromatic nitrogens is 5. The van der Waals surface area contributed by atoms with Crippen molar-refractivity contribution < 1.29 is 4.79 Å². The van der Waals surface area contributed by atoms with Gasteiger partial charge in [-0.2, -0.15) is 9.97 Å². The van der Waals surface area contributed by atoms with E-state index in [0.29, 0.717) is 48.2 Å². The number of amides is 1. The Labute approximate surface area is 173 Å². The van der Waals surface area contributed by atoms with Crippen LogP contribution in [-0.4, -0.2) is 60.8 Å². The molecule has 0 unspecified atom stereocenters. The first-order valence-corrected chi connectivity index (χ1v) is 10.8. The fraction of sp³-hybridized carbons (Fsp3) is 0.421. The second-order valence-corrected chi connectivity index (χ2v) is 7.61. The van der Waals surface area contributed by atoms with Gasteiger partial charge in [0.15, 0.2) is 5.16 Å². The maximum atomic E-state index is 12.8. The fourth-order valence-corrected chi connectivity index (χ4v) is 4.15. The molecule has 1 amide bonds. The summed E-state index contributed by atoms with van der Waals surface area (Å²) in [6, 6.07) is 8.30. The Bertz CT molecular complexity index is 1020. The lowest BCUT2D eigenvalue weighted by atomic mass is 10.00. The Kier molecular flexibility index (Phi) is 5.79. The lowest BCUT2D eigenvalue weighted by molar-refractivity contribution is -0.129. The second kappa shape index (κ2) is 8.64. The number of nitrogens with one attached hydrogen (secondary N) is 2. The van der Waals surface area contributed by atoms with Gasteiger partial charge in [0.25, 0.3) is 5.78 Å². The van der Waals surface area contributed by atoms with Crippen LogP contribution >= 0.6 is 11.8 Å².